The summed E-state index contributed by atoms with van der Waals surface area (Å²) in [5, 5.41) is 15.8. The van der Waals surface area contributed by atoms with E-state index in [1.165, 1.54) is 4.68 Å². The number of terminal acetylenes is 1. The second-order valence-corrected chi connectivity index (χ2v) is 5.38. The van der Waals surface area contributed by atoms with Crippen molar-refractivity contribution in [1.29, 1.82) is 0 Å². The van der Waals surface area contributed by atoms with Crippen molar-refractivity contribution in [3.05, 3.63) is 11.3 Å². The van der Waals surface area contributed by atoms with E-state index in [-0.39, 0.29) is 24.0 Å². The summed E-state index contributed by atoms with van der Waals surface area (Å²) in [4.78, 5) is 23.7. The van der Waals surface area contributed by atoms with Crippen molar-refractivity contribution >= 4 is 11.9 Å². The monoisotopic (exact) mass is 307 g/mol. The van der Waals surface area contributed by atoms with Crippen molar-refractivity contribution in [2.45, 2.75) is 33.2 Å². The predicted octanol–water partition coefficient (Wildman–Crippen LogP) is 0.970. The van der Waals surface area contributed by atoms with E-state index in [4.69, 9.17) is 11.2 Å². The molecule has 1 heterocycles. The number of carboxylic acid groups (broad SMARTS) is 1. The fourth-order valence-electron chi connectivity index (χ4n) is 2.10. The van der Waals surface area contributed by atoms with Crippen LogP contribution in [0.4, 0.5) is 0 Å². The Hall–Kier alpha value is -2.49. The molecular formula is C15H21N3O4. The number of nitrogens with one attached hydrogen (secondary N) is 1. The molecule has 0 aliphatic rings. The number of amides is 1. The third-order valence-corrected chi connectivity index (χ3v) is 3.00. The topological polar surface area (TPSA) is 93.4 Å². The maximum absolute atomic E-state index is 12.4. The van der Waals surface area contributed by atoms with E-state index in [1.54, 1.807) is 14.0 Å². The molecule has 0 fully saturated rings. The number of carbonyl (C=O) groups excluding carboxylic acids is 1. The molecule has 0 aliphatic carbocycles. The van der Waals surface area contributed by atoms with E-state index in [9.17, 15) is 14.7 Å². The van der Waals surface area contributed by atoms with Gasteiger partial charge in [0.2, 0.25) is 5.88 Å². The van der Waals surface area contributed by atoms with Crippen LogP contribution in [0.2, 0.25) is 0 Å². The highest BCUT2D eigenvalue weighted by Gasteiger charge is 2.27. The van der Waals surface area contributed by atoms with E-state index in [2.05, 4.69) is 16.3 Å². The van der Waals surface area contributed by atoms with E-state index >= 15 is 0 Å². The summed E-state index contributed by atoms with van der Waals surface area (Å²) in [7, 11) is 1.62. The van der Waals surface area contributed by atoms with Gasteiger partial charge >= 0.3 is 5.97 Å². The molecule has 1 aromatic rings. The Morgan fingerprint density at radius 2 is 2.14 bits per heavy atom. The lowest BCUT2D eigenvalue weighted by atomic mass is 10.0. The van der Waals surface area contributed by atoms with Crippen LogP contribution in [-0.4, -0.2) is 39.4 Å². The number of rotatable bonds is 7. The summed E-state index contributed by atoms with van der Waals surface area (Å²) < 4.78 is 6.74. The molecule has 22 heavy (non-hydrogen) atoms. The average molecular weight is 307 g/mol. The number of aryl methyl sites for hydroxylation is 2. The van der Waals surface area contributed by atoms with Crippen LogP contribution in [0.1, 0.15) is 36.3 Å². The van der Waals surface area contributed by atoms with Gasteiger partial charge in [-0.15, -0.1) is 6.42 Å². The molecule has 1 aromatic heterocycles. The van der Waals surface area contributed by atoms with Crippen molar-refractivity contribution in [2.75, 3.05) is 6.61 Å². The molecule has 1 atom stereocenters. The third kappa shape index (κ3) is 4.25. The fourth-order valence-corrected chi connectivity index (χ4v) is 2.10. The predicted molar refractivity (Wildman–Crippen MR) is 80.6 cm³/mol. The summed E-state index contributed by atoms with van der Waals surface area (Å²) in [5.41, 5.74) is 0.647. The molecule has 0 aliphatic heterocycles. The van der Waals surface area contributed by atoms with Crippen LogP contribution >= 0.6 is 0 Å². The first-order valence-electron chi connectivity index (χ1n) is 6.91. The van der Waals surface area contributed by atoms with Crippen molar-refractivity contribution < 1.29 is 19.4 Å². The molecule has 0 aromatic carbocycles. The number of aliphatic carboxylic acids is 1. The van der Waals surface area contributed by atoms with E-state index < -0.39 is 17.9 Å². The lowest BCUT2D eigenvalue weighted by Crippen LogP contribution is -2.41. The Morgan fingerprint density at radius 1 is 1.50 bits per heavy atom. The Morgan fingerprint density at radius 3 is 2.64 bits per heavy atom. The number of nitrogens with zero attached hydrogens (tertiary/aromatic N) is 2. The Balaban J connectivity index is 3.02. The average Bonchev–Trinajstić information content (AvgIpc) is 2.69. The van der Waals surface area contributed by atoms with Gasteiger partial charge in [0, 0.05) is 7.05 Å². The SMILES string of the molecule is C#CCOc1c(C(=O)NC(CC(C)C)C(=O)O)c(C)nn1C. The number of carbonyl (C=O) groups is 2. The Bertz CT molecular complexity index is 599. The number of ether oxygens (including phenoxy) is 1. The molecule has 0 saturated carbocycles. The van der Waals surface area contributed by atoms with Crippen LogP contribution in [0.3, 0.4) is 0 Å². The number of hydrogen-bond acceptors (Lipinski definition) is 4. The van der Waals surface area contributed by atoms with Gasteiger partial charge < -0.3 is 15.2 Å². The van der Waals surface area contributed by atoms with Crippen LogP contribution in [0.5, 0.6) is 5.88 Å². The van der Waals surface area contributed by atoms with Crippen LogP contribution in [0, 0.1) is 25.2 Å². The normalized spacial score (nSPS) is 11.8. The van der Waals surface area contributed by atoms with Gasteiger partial charge in [-0.1, -0.05) is 19.8 Å². The van der Waals surface area contributed by atoms with E-state index in [0.29, 0.717) is 12.1 Å². The molecule has 0 spiro atoms. The number of hydrogen-bond donors (Lipinski definition) is 2. The fraction of sp³-hybridized carbons (Fsp3) is 0.533. The molecule has 1 unspecified atom stereocenters. The van der Waals surface area contributed by atoms with Crippen LogP contribution < -0.4 is 10.1 Å². The quantitative estimate of drug-likeness (QED) is 0.732. The number of carboxylic acids is 1. The van der Waals surface area contributed by atoms with Gasteiger partial charge in [-0.2, -0.15) is 5.10 Å². The molecule has 2 N–H and O–H groups in total. The van der Waals surface area contributed by atoms with Crippen molar-refractivity contribution in [3.8, 4) is 18.2 Å². The van der Waals surface area contributed by atoms with Gasteiger partial charge in [0.25, 0.3) is 5.91 Å². The van der Waals surface area contributed by atoms with Crippen LogP contribution in [0.25, 0.3) is 0 Å². The van der Waals surface area contributed by atoms with Gasteiger partial charge in [0.1, 0.15) is 11.6 Å². The second kappa shape index (κ2) is 7.50. The van der Waals surface area contributed by atoms with Gasteiger partial charge in [-0.25, -0.2) is 9.48 Å². The molecule has 0 saturated heterocycles. The smallest absolute Gasteiger partial charge is 0.326 e. The molecule has 0 bridgehead atoms. The number of aromatic nitrogens is 2. The van der Waals surface area contributed by atoms with Gasteiger partial charge in [-0.05, 0) is 19.3 Å². The van der Waals surface area contributed by atoms with Crippen molar-refractivity contribution in [3.63, 3.8) is 0 Å². The van der Waals surface area contributed by atoms with Gasteiger partial charge in [0.05, 0.1) is 5.69 Å². The molecule has 120 valence electrons. The lowest BCUT2D eigenvalue weighted by Gasteiger charge is -2.16. The summed E-state index contributed by atoms with van der Waals surface area (Å²) in [6, 6.07) is -0.965. The highest BCUT2D eigenvalue weighted by atomic mass is 16.5. The summed E-state index contributed by atoms with van der Waals surface area (Å²) in [6.07, 6.45) is 5.49. The zero-order valence-electron chi connectivity index (χ0n) is 13.2. The lowest BCUT2D eigenvalue weighted by molar-refractivity contribution is -0.139. The van der Waals surface area contributed by atoms with Crippen molar-refractivity contribution in [2.24, 2.45) is 13.0 Å². The van der Waals surface area contributed by atoms with E-state index in [0.717, 1.165) is 0 Å². The maximum atomic E-state index is 12.4. The molecule has 7 nitrogen and oxygen atoms in total. The van der Waals surface area contributed by atoms with Crippen LogP contribution in [0.15, 0.2) is 0 Å². The summed E-state index contributed by atoms with van der Waals surface area (Å²) in [5.74, 6) is 1.06. The Labute approximate surface area is 129 Å². The standard InChI is InChI=1S/C15H21N3O4/c1-6-7-22-14-12(10(4)17-18(14)5)13(19)16-11(15(20)21)8-9(2)3/h1,9,11H,7-8H2,2-5H3,(H,16,19)(H,20,21). The molecular weight excluding hydrogens is 286 g/mol. The third-order valence-electron chi connectivity index (χ3n) is 3.00. The molecule has 1 amide bonds. The van der Waals surface area contributed by atoms with E-state index in [1.807, 2.05) is 13.8 Å². The molecule has 7 heteroatoms. The summed E-state index contributed by atoms with van der Waals surface area (Å²) in [6.45, 7) is 5.42. The summed E-state index contributed by atoms with van der Waals surface area (Å²) >= 11 is 0. The molecule has 1 rings (SSSR count). The Kier molecular flexibility index (Phi) is 5.99. The first-order chi connectivity index (χ1) is 10.3. The zero-order valence-corrected chi connectivity index (χ0v) is 13.2. The van der Waals surface area contributed by atoms with Gasteiger partial charge in [0.15, 0.2) is 6.61 Å². The second-order valence-electron chi connectivity index (χ2n) is 5.38. The first-order valence-corrected chi connectivity index (χ1v) is 6.91. The highest BCUT2D eigenvalue weighted by molar-refractivity contribution is 5.99. The zero-order chi connectivity index (χ0) is 16.9. The minimum atomic E-state index is -1.07. The van der Waals surface area contributed by atoms with Crippen LogP contribution in [-0.2, 0) is 11.8 Å². The largest absolute Gasteiger partial charge is 0.480 e. The molecule has 0 radical (unpaired) electrons. The highest BCUT2D eigenvalue weighted by Crippen LogP contribution is 2.21. The first kappa shape index (κ1) is 17.6. The maximum Gasteiger partial charge on any atom is 0.326 e. The minimum absolute atomic E-state index is 0.00634. The van der Waals surface area contributed by atoms with Gasteiger partial charge in [-0.3, -0.25) is 4.79 Å². The minimum Gasteiger partial charge on any atom is -0.480 e. The van der Waals surface area contributed by atoms with Crippen molar-refractivity contribution in [1.82, 2.24) is 15.1 Å².